The maximum atomic E-state index is 12.6. The molecule has 0 saturated carbocycles. The first-order valence-electron chi connectivity index (χ1n) is 4.37. The van der Waals surface area contributed by atoms with Crippen molar-refractivity contribution in [3.63, 3.8) is 0 Å². The van der Waals surface area contributed by atoms with Crippen LogP contribution in [0.15, 0.2) is 24.3 Å². The maximum absolute atomic E-state index is 12.6. The Morgan fingerprint density at radius 2 is 2.07 bits per heavy atom. The number of halogens is 1. The average molecular weight is 213 g/mol. The number of ether oxygens (including phenoxy) is 2. The van der Waals surface area contributed by atoms with Gasteiger partial charge in [-0.05, 0) is 24.3 Å². The van der Waals surface area contributed by atoms with Crippen LogP contribution in [0.2, 0.25) is 0 Å². The Kier molecular flexibility index (Phi) is 4.05. The molecule has 0 aliphatic heterocycles. The fraction of sp³-hybridized carbons (Fsp3) is 0.300. The van der Waals surface area contributed by atoms with Crippen LogP contribution >= 0.6 is 0 Å². The van der Waals surface area contributed by atoms with Crippen molar-refractivity contribution in [1.29, 1.82) is 0 Å². The number of carbonyl (C=O) groups is 1. The van der Waals surface area contributed by atoms with E-state index in [0.717, 1.165) is 0 Å². The number of esters is 1. The summed E-state index contributed by atoms with van der Waals surface area (Å²) in [6.45, 7) is 0.00402. The third kappa shape index (κ3) is 3.21. The first-order chi connectivity index (χ1) is 7.17. The third-order valence-corrected chi connectivity index (χ3v) is 1.77. The van der Waals surface area contributed by atoms with Crippen LogP contribution in [-0.2, 0) is 9.53 Å². The molecule has 0 saturated heterocycles. The average Bonchev–Trinajstić information content (AvgIpc) is 2.27. The fourth-order valence-corrected chi connectivity index (χ4v) is 1.00. The summed E-state index contributed by atoms with van der Waals surface area (Å²) >= 11 is 0. The van der Waals surface area contributed by atoms with Crippen LogP contribution < -0.4 is 10.5 Å². The van der Waals surface area contributed by atoms with E-state index in [2.05, 4.69) is 4.74 Å². The summed E-state index contributed by atoms with van der Waals surface area (Å²) in [7, 11) is 1.25. The van der Waals surface area contributed by atoms with Gasteiger partial charge in [-0.1, -0.05) is 0 Å². The predicted molar refractivity (Wildman–Crippen MR) is 51.9 cm³/mol. The van der Waals surface area contributed by atoms with Crippen LogP contribution in [0.25, 0.3) is 0 Å². The van der Waals surface area contributed by atoms with E-state index in [9.17, 15) is 9.18 Å². The second-order valence-electron chi connectivity index (χ2n) is 2.82. The Morgan fingerprint density at radius 3 is 2.53 bits per heavy atom. The predicted octanol–water partition coefficient (Wildman–Crippen LogP) is 0.705. The Labute approximate surface area is 86.8 Å². The lowest BCUT2D eigenvalue weighted by Crippen LogP contribution is -2.35. The summed E-state index contributed by atoms with van der Waals surface area (Å²) < 4.78 is 22.2. The molecule has 1 rings (SSSR count). The standard InChI is InChI=1S/C10H12FNO3/c1-14-10(13)9(6-12)15-8-4-2-7(11)3-5-8/h2-5,9H,6,12H2,1H3/t9-/m0/s1. The van der Waals surface area contributed by atoms with E-state index in [1.54, 1.807) is 0 Å². The van der Waals surface area contributed by atoms with Crippen LogP contribution in [-0.4, -0.2) is 25.7 Å². The van der Waals surface area contributed by atoms with Gasteiger partial charge in [-0.15, -0.1) is 0 Å². The van der Waals surface area contributed by atoms with Gasteiger partial charge < -0.3 is 15.2 Å². The lowest BCUT2D eigenvalue weighted by Gasteiger charge is -2.14. The molecule has 1 atom stereocenters. The van der Waals surface area contributed by atoms with Gasteiger partial charge in [0, 0.05) is 6.54 Å². The molecule has 0 heterocycles. The van der Waals surface area contributed by atoms with Gasteiger partial charge in [0.1, 0.15) is 11.6 Å². The molecular weight excluding hydrogens is 201 g/mol. The van der Waals surface area contributed by atoms with Gasteiger partial charge >= 0.3 is 5.97 Å². The second-order valence-corrected chi connectivity index (χ2v) is 2.82. The van der Waals surface area contributed by atoms with Crippen molar-refractivity contribution in [2.45, 2.75) is 6.10 Å². The molecule has 2 N–H and O–H groups in total. The summed E-state index contributed by atoms with van der Waals surface area (Å²) in [5.74, 6) is -0.552. The number of benzene rings is 1. The highest BCUT2D eigenvalue weighted by molar-refractivity contribution is 5.75. The van der Waals surface area contributed by atoms with Crippen LogP contribution in [0.3, 0.4) is 0 Å². The molecule has 0 spiro atoms. The van der Waals surface area contributed by atoms with E-state index in [1.165, 1.54) is 31.4 Å². The largest absolute Gasteiger partial charge is 0.477 e. The molecule has 0 radical (unpaired) electrons. The normalized spacial score (nSPS) is 11.9. The number of rotatable bonds is 4. The van der Waals surface area contributed by atoms with Gasteiger partial charge in [0.2, 0.25) is 6.10 Å². The van der Waals surface area contributed by atoms with Gasteiger partial charge in [-0.3, -0.25) is 0 Å². The topological polar surface area (TPSA) is 61.5 Å². The molecule has 82 valence electrons. The van der Waals surface area contributed by atoms with E-state index in [-0.39, 0.29) is 12.4 Å². The minimum atomic E-state index is -0.861. The fourth-order valence-electron chi connectivity index (χ4n) is 1.00. The lowest BCUT2D eigenvalue weighted by molar-refractivity contribution is -0.148. The van der Waals surface area contributed by atoms with Crippen LogP contribution in [0, 0.1) is 5.82 Å². The van der Waals surface area contributed by atoms with E-state index in [1.807, 2.05) is 0 Å². The van der Waals surface area contributed by atoms with Crippen LogP contribution in [0.1, 0.15) is 0 Å². The zero-order valence-electron chi connectivity index (χ0n) is 8.27. The van der Waals surface area contributed by atoms with E-state index >= 15 is 0 Å². The minimum Gasteiger partial charge on any atom is -0.477 e. The quantitative estimate of drug-likeness (QED) is 0.748. The minimum absolute atomic E-state index is 0.00402. The highest BCUT2D eigenvalue weighted by atomic mass is 19.1. The molecule has 4 nitrogen and oxygen atoms in total. The third-order valence-electron chi connectivity index (χ3n) is 1.77. The summed E-state index contributed by atoms with van der Waals surface area (Å²) in [6, 6.07) is 5.31. The van der Waals surface area contributed by atoms with Crippen molar-refractivity contribution in [1.82, 2.24) is 0 Å². The number of nitrogens with two attached hydrogens (primary N) is 1. The van der Waals surface area contributed by atoms with Crippen molar-refractivity contribution >= 4 is 5.97 Å². The molecule has 0 amide bonds. The molecule has 0 fully saturated rings. The SMILES string of the molecule is COC(=O)[C@H](CN)Oc1ccc(F)cc1. The van der Waals surface area contributed by atoms with Crippen LogP contribution in [0.4, 0.5) is 4.39 Å². The van der Waals surface area contributed by atoms with Crippen molar-refractivity contribution in [2.24, 2.45) is 5.73 Å². The molecule has 0 unspecified atom stereocenters. The van der Waals surface area contributed by atoms with Gasteiger partial charge in [-0.2, -0.15) is 0 Å². The summed E-state index contributed by atoms with van der Waals surface area (Å²) in [6.07, 6.45) is -0.861. The molecule has 1 aromatic rings. The number of hydrogen-bond acceptors (Lipinski definition) is 4. The second kappa shape index (κ2) is 5.31. The molecule has 0 bridgehead atoms. The van der Waals surface area contributed by atoms with Gasteiger partial charge in [0.05, 0.1) is 7.11 Å². The molecule has 0 aliphatic rings. The Bertz CT molecular complexity index is 326. The van der Waals surface area contributed by atoms with Gasteiger partial charge in [0.15, 0.2) is 0 Å². The van der Waals surface area contributed by atoms with Gasteiger partial charge in [0.25, 0.3) is 0 Å². The van der Waals surface area contributed by atoms with Crippen molar-refractivity contribution < 1.29 is 18.7 Å². The number of hydrogen-bond donors (Lipinski definition) is 1. The monoisotopic (exact) mass is 213 g/mol. The Balaban J connectivity index is 2.66. The van der Waals surface area contributed by atoms with Crippen molar-refractivity contribution in [3.05, 3.63) is 30.1 Å². The van der Waals surface area contributed by atoms with Gasteiger partial charge in [-0.25, -0.2) is 9.18 Å². The molecule has 5 heteroatoms. The van der Waals surface area contributed by atoms with Crippen molar-refractivity contribution in [3.8, 4) is 5.75 Å². The molecular formula is C10H12FNO3. The van der Waals surface area contributed by atoms with E-state index in [4.69, 9.17) is 10.5 Å². The number of carbonyl (C=O) groups excluding carboxylic acids is 1. The lowest BCUT2D eigenvalue weighted by atomic mass is 10.3. The molecule has 0 aliphatic carbocycles. The zero-order chi connectivity index (χ0) is 11.3. The molecule has 15 heavy (non-hydrogen) atoms. The summed E-state index contributed by atoms with van der Waals surface area (Å²) in [4.78, 5) is 11.1. The Hall–Kier alpha value is -1.62. The Morgan fingerprint density at radius 1 is 1.47 bits per heavy atom. The number of methoxy groups -OCH3 is 1. The first-order valence-corrected chi connectivity index (χ1v) is 4.37. The smallest absolute Gasteiger partial charge is 0.348 e. The van der Waals surface area contributed by atoms with E-state index in [0.29, 0.717) is 5.75 Å². The molecule has 1 aromatic carbocycles. The summed E-state index contributed by atoms with van der Waals surface area (Å²) in [5, 5.41) is 0. The maximum Gasteiger partial charge on any atom is 0.348 e. The highest BCUT2D eigenvalue weighted by Crippen LogP contribution is 2.13. The van der Waals surface area contributed by atoms with Crippen LogP contribution in [0.5, 0.6) is 5.75 Å². The molecule has 0 aromatic heterocycles. The first kappa shape index (κ1) is 11.5. The van der Waals surface area contributed by atoms with Crippen molar-refractivity contribution in [2.75, 3.05) is 13.7 Å². The van der Waals surface area contributed by atoms with E-state index < -0.39 is 12.1 Å². The summed E-state index contributed by atoms with van der Waals surface area (Å²) in [5.41, 5.74) is 5.33. The zero-order valence-corrected chi connectivity index (χ0v) is 8.27. The highest BCUT2D eigenvalue weighted by Gasteiger charge is 2.18.